The number of fused-ring (bicyclic) bond motifs is 1. The highest BCUT2D eigenvalue weighted by Gasteiger charge is 2.38. The van der Waals surface area contributed by atoms with Crippen molar-refractivity contribution >= 4 is 28.6 Å². The van der Waals surface area contributed by atoms with Crippen LogP contribution in [-0.4, -0.2) is 51.2 Å². The zero-order valence-corrected chi connectivity index (χ0v) is 20.1. The predicted molar refractivity (Wildman–Crippen MR) is 137 cm³/mol. The van der Waals surface area contributed by atoms with Crippen molar-refractivity contribution in [1.82, 2.24) is 14.8 Å². The topological polar surface area (TPSA) is 68.8 Å². The Morgan fingerprint density at radius 2 is 1.71 bits per heavy atom. The van der Waals surface area contributed by atoms with Crippen LogP contribution in [0, 0.1) is 0 Å². The summed E-state index contributed by atoms with van der Waals surface area (Å²) < 4.78 is 5.52. The van der Waals surface area contributed by atoms with Crippen LogP contribution in [0.25, 0.3) is 10.9 Å². The zero-order valence-electron chi connectivity index (χ0n) is 19.3. The van der Waals surface area contributed by atoms with Crippen molar-refractivity contribution in [3.05, 3.63) is 107 Å². The molecule has 2 atom stereocenters. The van der Waals surface area contributed by atoms with E-state index in [0.29, 0.717) is 24.7 Å². The van der Waals surface area contributed by atoms with Gasteiger partial charge in [0, 0.05) is 41.8 Å². The van der Waals surface area contributed by atoms with Gasteiger partial charge in [0.05, 0.1) is 18.7 Å². The van der Waals surface area contributed by atoms with E-state index in [9.17, 15) is 9.90 Å². The summed E-state index contributed by atoms with van der Waals surface area (Å²) >= 11 is 6.49. The Bertz CT molecular complexity index is 1290. The molecule has 6 nitrogen and oxygen atoms in total. The fraction of sp³-hybridized carbons (Fsp3) is 0.250. The van der Waals surface area contributed by atoms with E-state index >= 15 is 0 Å². The molecule has 7 heteroatoms. The van der Waals surface area contributed by atoms with Crippen LogP contribution in [-0.2, 0) is 24.4 Å². The van der Waals surface area contributed by atoms with E-state index in [1.165, 1.54) is 0 Å². The molecule has 1 amide bonds. The molecule has 0 aliphatic carbocycles. The van der Waals surface area contributed by atoms with Crippen LogP contribution >= 0.6 is 11.6 Å². The third-order valence-electron chi connectivity index (χ3n) is 6.58. The Balaban J connectivity index is 1.35. The first-order chi connectivity index (χ1) is 17.1. The van der Waals surface area contributed by atoms with Gasteiger partial charge in [-0.05, 0) is 34.9 Å². The van der Waals surface area contributed by atoms with E-state index in [1.807, 2.05) is 72.9 Å². The van der Waals surface area contributed by atoms with E-state index in [1.54, 1.807) is 4.90 Å². The van der Waals surface area contributed by atoms with Gasteiger partial charge in [0.25, 0.3) is 0 Å². The molecule has 0 saturated carbocycles. The molecule has 5 rings (SSSR count). The molecular formula is C28H28ClN3O3. The number of ether oxygens (including phenoxy) is 1. The largest absolute Gasteiger partial charge is 0.445 e. The molecule has 1 saturated heterocycles. The van der Waals surface area contributed by atoms with Gasteiger partial charge in [0.15, 0.2) is 0 Å². The molecule has 1 fully saturated rings. The third kappa shape index (κ3) is 5.35. The number of halogens is 1. The van der Waals surface area contributed by atoms with Crippen molar-refractivity contribution in [3.63, 3.8) is 0 Å². The second-order valence-electron chi connectivity index (χ2n) is 8.93. The summed E-state index contributed by atoms with van der Waals surface area (Å²) in [5, 5.41) is 12.9. The molecule has 2 heterocycles. The SMILES string of the molecule is O=C(OCc1ccccc1)N1C[C@@H](O)[C@H](N(Cc2ccccc2Cl)Cc2cccc3[nH]ccc23)C1. The average Bonchev–Trinajstić information content (AvgIpc) is 3.51. The van der Waals surface area contributed by atoms with Gasteiger partial charge < -0.3 is 19.7 Å². The van der Waals surface area contributed by atoms with Gasteiger partial charge in [-0.15, -0.1) is 0 Å². The number of aliphatic hydroxyl groups excluding tert-OH is 1. The molecule has 1 aromatic heterocycles. The number of amides is 1. The van der Waals surface area contributed by atoms with Gasteiger partial charge in [-0.25, -0.2) is 4.79 Å². The number of aromatic amines is 1. The minimum atomic E-state index is -0.702. The van der Waals surface area contributed by atoms with Crippen LogP contribution in [0.2, 0.25) is 5.02 Å². The number of nitrogens with zero attached hydrogens (tertiary/aromatic N) is 2. The number of carbonyl (C=O) groups is 1. The molecule has 0 bridgehead atoms. The molecule has 0 spiro atoms. The molecule has 35 heavy (non-hydrogen) atoms. The van der Waals surface area contributed by atoms with Gasteiger partial charge in [-0.1, -0.05) is 72.3 Å². The Hall–Kier alpha value is -3.32. The first-order valence-electron chi connectivity index (χ1n) is 11.7. The average molecular weight is 490 g/mol. The second kappa shape index (κ2) is 10.5. The van der Waals surface area contributed by atoms with Crippen molar-refractivity contribution in [2.45, 2.75) is 31.8 Å². The van der Waals surface area contributed by atoms with Crippen molar-refractivity contribution in [3.8, 4) is 0 Å². The van der Waals surface area contributed by atoms with Crippen LogP contribution < -0.4 is 0 Å². The highest BCUT2D eigenvalue weighted by molar-refractivity contribution is 6.31. The van der Waals surface area contributed by atoms with Crippen LogP contribution in [0.5, 0.6) is 0 Å². The molecule has 180 valence electrons. The molecule has 1 aliphatic rings. The Morgan fingerprint density at radius 3 is 2.54 bits per heavy atom. The van der Waals surface area contributed by atoms with E-state index in [0.717, 1.165) is 27.6 Å². The monoisotopic (exact) mass is 489 g/mol. The molecule has 1 aliphatic heterocycles. The lowest BCUT2D eigenvalue weighted by Gasteiger charge is -2.31. The minimum Gasteiger partial charge on any atom is -0.445 e. The number of rotatable bonds is 7. The molecule has 3 aromatic carbocycles. The van der Waals surface area contributed by atoms with E-state index in [2.05, 4.69) is 22.0 Å². The summed E-state index contributed by atoms with van der Waals surface area (Å²) in [6, 6.07) is 25.3. The number of β-amino-alcohol motifs (C(OH)–C–C–N with tert-alkyl or cyclic N) is 1. The van der Waals surface area contributed by atoms with Gasteiger partial charge in [0.1, 0.15) is 6.61 Å². The van der Waals surface area contributed by atoms with Crippen molar-refractivity contribution in [2.24, 2.45) is 0 Å². The Morgan fingerprint density at radius 1 is 0.971 bits per heavy atom. The van der Waals surface area contributed by atoms with Crippen LogP contribution in [0.15, 0.2) is 85.1 Å². The maximum absolute atomic E-state index is 12.8. The normalized spacial score (nSPS) is 17.9. The summed E-state index contributed by atoms with van der Waals surface area (Å²) in [5.41, 5.74) is 4.12. The molecule has 0 radical (unpaired) electrons. The number of H-pyrrole nitrogens is 1. The first kappa shape index (κ1) is 23.4. The lowest BCUT2D eigenvalue weighted by Crippen LogP contribution is -2.42. The standard InChI is InChI=1S/C28H28ClN3O3/c29-24-11-5-4-9-22(24)16-31(15-21-10-6-12-25-23(21)13-14-30-25)26-17-32(18-27(26)33)28(34)35-19-20-7-2-1-3-8-20/h1-14,26-27,30,33H,15-19H2/t26-,27-/m1/s1. The summed E-state index contributed by atoms with van der Waals surface area (Å²) in [6.45, 7) is 1.97. The Labute approximate surface area is 209 Å². The lowest BCUT2D eigenvalue weighted by atomic mass is 10.1. The quantitative estimate of drug-likeness (QED) is 0.374. The van der Waals surface area contributed by atoms with E-state index in [4.69, 9.17) is 16.3 Å². The van der Waals surface area contributed by atoms with Crippen LogP contribution in [0.4, 0.5) is 4.79 Å². The van der Waals surface area contributed by atoms with Gasteiger partial charge in [-0.3, -0.25) is 4.90 Å². The summed E-state index contributed by atoms with van der Waals surface area (Å²) in [5.74, 6) is 0. The van der Waals surface area contributed by atoms with Crippen molar-refractivity contribution in [1.29, 1.82) is 0 Å². The van der Waals surface area contributed by atoms with Crippen LogP contribution in [0.3, 0.4) is 0 Å². The van der Waals surface area contributed by atoms with E-state index < -0.39 is 12.2 Å². The number of carbonyl (C=O) groups excluding carboxylic acids is 1. The summed E-state index contributed by atoms with van der Waals surface area (Å²) in [7, 11) is 0. The maximum Gasteiger partial charge on any atom is 0.410 e. The fourth-order valence-electron chi connectivity index (χ4n) is 4.73. The number of benzene rings is 3. The fourth-order valence-corrected chi connectivity index (χ4v) is 4.93. The Kier molecular flexibility index (Phi) is 7.04. The highest BCUT2D eigenvalue weighted by Crippen LogP contribution is 2.27. The van der Waals surface area contributed by atoms with Crippen molar-refractivity contribution < 1.29 is 14.6 Å². The molecule has 4 aromatic rings. The van der Waals surface area contributed by atoms with Gasteiger partial charge in [0.2, 0.25) is 0 Å². The molecular weight excluding hydrogens is 462 g/mol. The van der Waals surface area contributed by atoms with Gasteiger partial charge >= 0.3 is 6.09 Å². The smallest absolute Gasteiger partial charge is 0.410 e. The third-order valence-corrected chi connectivity index (χ3v) is 6.95. The van der Waals surface area contributed by atoms with E-state index in [-0.39, 0.29) is 19.2 Å². The second-order valence-corrected chi connectivity index (χ2v) is 9.34. The number of hydrogen-bond acceptors (Lipinski definition) is 4. The lowest BCUT2D eigenvalue weighted by molar-refractivity contribution is 0.0731. The highest BCUT2D eigenvalue weighted by atomic mass is 35.5. The summed E-state index contributed by atoms with van der Waals surface area (Å²) in [6.07, 6.45) is 0.814. The number of aliphatic hydroxyl groups is 1. The molecule has 2 N–H and O–H groups in total. The number of hydrogen-bond donors (Lipinski definition) is 2. The number of likely N-dealkylation sites (tertiary alicyclic amines) is 1. The van der Waals surface area contributed by atoms with Gasteiger partial charge in [-0.2, -0.15) is 0 Å². The summed E-state index contributed by atoms with van der Waals surface area (Å²) in [4.78, 5) is 19.9. The number of aromatic nitrogens is 1. The number of nitrogens with one attached hydrogen (secondary N) is 1. The van der Waals surface area contributed by atoms with Crippen molar-refractivity contribution in [2.75, 3.05) is 13.1 Å². The zero-order chi connectivity index (χ0) is 24.2. The minimum absolute atomic E-state index is 0.204. The maximum atomic E-state index is 12.8. The molecule has 0 unspecified atom stereocenters. The predicted octanol–water partition coefficient (Wildman–Crippen LogP) is 5.21. The first-order valence-corrected chi connectivity index (χ1v) is 12.1. The van der Waals surface area contributed by atoms with Crippen LogP contribution in [0.1, 0.15) is 16.7 Å².